The Bertz CT molecular complexity index is 1290. The number of nitrogens with one attached hydrogen (secondary N) is 2. The van der Waals surface area contributed by atoms with E-state index in [9.17, 15) is 9.90 Å². The molecule has 1 fully saturated rings. The zero-order valence-electron chi connectivity index (χ0n) is 19.5. The number of piperidine rings is 1. The molecule has 4 heterocycles. The number of aromatic nitrogens is 3. The van der Waals surface area contributed by atoms with E-state index in [1.807, 2.05) is 23.1 Å². The first-order chi connectivity index (χ1) is 16.3. The van der Waals surface area contributed by atoms with Gasteiger partial charge in [-0.25, -0.2) is 4.98 Å². The summed E-state index contributed by atoms with van der Waals surface area (Å²) in [4.78, 5) is 23.9. The van der Waals surface area contributed by atoms with Crippen LogP contribution < -0.4 is 25.8 Å². The van der Waals surface area contributed by atoms with Gasteiger partial charge in [-0.1, -0.05) is 18.5 Å². The lowest BCUT2D eigenvalue weighted by Gasteiger charge is -2.34. The number of aliphatic hydroxyl groups is 1. The number of halogens is 1. The average Bonchev–Trinajstić information content (AvgIpc) is 3.00. The van der Waals surface area contributed by atoms with Crippen molar-refractivity contribution in [3.63, 3.8) is 0 Å². The fourth-order valence-electron chi connectivity index (χ4n) is 4.75. The van der Waals surface area contributed by atoms with E-state index in [0.29, 0.717) is 47.3 Å². The Kier molecular flexibility index (Phi) is 5.99. The van der Waals surface area contributed by atoms with Crippen LogP contribution in [-0.2, 0) is 7.05 Å². The highest BCUT2D eigenvalue weighted by atomic mass is 35.5. The highest BCUT2D eigenvalue weighted by molar-refractivity contribution is 6.32. The Hall–Kier alpha value is -3.04. The average molecular weight is 485 g/mol. The number of aliphatic hydroxyl groups excluding tert-OH is 1. The summed E-state index contributed by atoms with van der Waals surface area (Å²) in [5.74, 6) is 1.70. The van der Waals surface area contributed by atoms with Crippen molar-refractivity contribution in [2.75, 3.05) is 35.2 Å². The summed E-state index contributed by atoms with van der Waals surface area (Å²) in [6.45, 7) is 5.94. The van der Waals surface area contributed by atoms with Gasteiger partial charge < -0.3 is 29.9 Å². The van der Waals surface area contributed by atoms with Gasteiger partial charge in [0.25, 0.3) is 5.56 Å². The van der Waals surface area contributed by atoms with Crippen molar-refractivity contribution < 1.29 is 9.84 Å². The molecule has 1 aromatic carbocycles. The van der Waals surface area contributed by atoms with Crippen molar-refractivity contribution in [1.29, 1.82) is 0 Å². The first kappa shape index (κ1) is 22.7. The van der Waals surface area contributed by atoms with Gasteiger partial charge in [0.2, 0.25) is 11.7 Å². The zero-order valence-corrected chi connectivity index (χ0v) is 20.3. The Balaban J connectivity index is 1.52. The lowest BCUT2D eigenvalue weighted by Crippen LogP contribution is -2.43. The standard InChI is InChI=1S/C24H29ClN6O3/c1-13-8-16(32)12-31(11-13)24-26-10-18(25)22(29-24)28-15-4-5-19-17(9-15)20-21(23(33)30(19)3)34-7-6-14(2)27-20/h4-5,9-10,13-14,16,27,32H,6-8,11-12H2,1-3H3,(H,26,28,29)/t13-,14+,16+/m1/s1. The van der Waals surface area contributed by atoms with Gasteiger partial charge in [0, 0.05) is 43.7 Å². The molecule has 10 heteroatoms. The number of anilines is 4. The molecule has 0 spiro atoms. The molecule has 0 bridgehead atoms. The molecule has 34 heavy (non-hydrogen) atoms. The topological polar surface area (TPSA) is 105 Å². The van der Waals surface area contributed by atoms with E-state index in [2.05, 4.69) is 34.4 Å². The van der Waals surface area contributed by atoms with Crippen molar-refractivity contribution >= 4 is 45.6 Å². The Morgan fingerprint density at radius 3 is 2.91 bits per heavy atom. The SMILES string of the molecule is C[C@@H]1C[C@H](O)CN(c2ncc(Cl)c(Nc3ccc4c(c3)c3c(c(=O)n4C)OCC[C@H](C)N3)n2)C1. The van der Waals surface area contributed by atoms with E-state index in [-0.39, 0.29) is 11.6 Å². The number of fused-ring (bicyclic) bond motifs is 3. The van der Waals surface area contributed by atoms with Gasteiger partial charge in [-0.05, 0) is 37.5 Å². The van der Waals surface area contributed by atoms with E-state index in [4.69, 9.17) is 16.3 Å². The molecule has 2 aliphatic rings. The smallest absolute Gasteiger partial charge is 0.295 e. The highest BCUT2D eigenvalue weighted by Crippen LogP contribution is 2.35. The fourth-order valence-corrected chi connectivity index (χ4v) is 4.89. The third-order valence-corrected chi connectivity index (χ3v) is 6.73. The van der Waals surface area contributed by atoms with Crippen LogP contribution in [0, 0.1) is 5.92 Å². The number of hydrogen-bond donors (Lipinski definition) is 3. The summed E-state index contributed by atoms with van der Waals surface area (Å²) in [5.41, 5.74) is 2.11. The van der Waals surface area contributed by atoms with Crippen LogP contribution in [0.3, 0.4) is 0 Å². The van der Waals surface area contributed by atoms with Gasteiger partial charge in [-0.15, -0.1) is 0 Å². The number of pyridine rings is 1. The molecule has 9 nitrogen and oxygen atoms in total. The summed E-state index contributed by atoms with van der Waals surface area (Å²) < 4.78 is 7.44. The predicted molar refractivity (Wildman–Crippen MR) is 135 cm³/mol. The first-order valence-corrected chi connectivity index (χ1v) is 12.0. The Labute approximate surface area is 202 Å². The molecule has 0 radical (unpaired) electrons. The minimum atomic E-state index is -0.404. The second-order valence-corrected chi connectivity index (χ2v) is 9.78. The lowest BCUT2D eigenvalue weighted by molar-refractivity contribution is 0.132. The first-order valence-electron chi connectivity index (χ1n) is 11.6. The van der Waals surface area contributed by atoms with E-state index in [1.54, 1.807) is 17.8 Å². The summed E-state index contributed by atoms with van der Waals surface area (Å²) in [6.07, 6.45) is 2.75. The molecule has 180 valence electrons. The quantitative estimate of drug-likeness (QED) is 0.518. The number of aryl methyl sites for hydroxylation is 1. The molecular formula is C24H29ClN6O3. The minimum absolute atomic E-state index is 0.161. The van der Waals surface area contributed by atoms with E-state index >= 15 is 0 Å². The molecule has 3 N–H and O–H groups in total. The van der Waals surface area contributed by atoms with Gasteiger partial charge in [-0.3, -0.25) is 4.79 Å². The van der Waals surface area contributed by atoms with Gasteiger partial charge >= 0.3 is 0 Å². The maximum atomic E-state index is 12.9. The van der Waals surface area contributed by atoms with Crippen molar-refractivity contribution in [2.45, 2.75) is 38.8 Å². The third-order valence-electron chi connectivity index (χ3n) is 6.46. The molecule has 3 atom stereocenters. The monoisotopic (exact) mass is 484 g/mol. The number of hydrogen-bond acceptors (Lipinski definition) is 8. The van der Waals surface area contributed by atoms with E-state index in [0.717, 1.165) is 36.0 Å². The van der Waals surface area contributed by atoms with Crippen molar-refractivity contribution in [1.82, 2.24) is 14.5 Å². The maximum Gasteiger partial charge on any atom is 0.295 e. The van der Waals surface area contributed by atoms with Crippen molar-refractivity contribution in [2.24, 2.45) is 13.0 Å². The second-order valence-electron chi connectivity index (χ2n) is 9.37. The molecule has 0 aliphatic carbocycles. The van der Waals surface area contributed by atoms with Crippen LogP contribution in [0.5, 0.6) is 5.75 Å². The summed E-state index contributed by atoms with van der Waals surface area (Å²) in [7, 11) is 1.75. The summed E-state index contributed by atoms with van der Waals surface area (Å²) in [5, 5.41) is 18.2. The van der Waals surface area contributed by atoms with Crippen LogP contribution in [0.2, 0.25) is 5.02 Å². The molecule has 5 rings (SSSR count). The van der Waals surface area contributed by atoms with Crippen molar-refractivity contribution in [3.05, 3.63) is 39.8 Å². The maximum absolute atomic E-state index is 12.9. The number of nitrogens with zero attached hydrogens (tertiary/aromatic N) is 4. The zero-order chi connectivity index (χ0) is 24.0. The number of benzene rings is 1. The van der Waals surface area contributed by atoms with Crippen LogP contribution in [0.4, 0.5) is 23.1 Å². The summed E-state index contributed by atoms with van der Waals surface area (Å²) in [6, 6.07) is 5.93. The van der Waals surface area contributed by atoms with Crippen LogP contribution in [-0.4, -0.2) is 51.5 Å². The van der Waals surface area contributed by atoms with Crippen LogP contribution in [0.25, 0.3) is 10.9 Å². The normalized spacial score (nSPS) is 22.5. The molecule has 0 saturated carbocycles. The van der Waals surface area contributed by atoms with Crippen LogP contribution in [0.1, 0.15) is 26.7 Å². The van der Waals surface area contributed by atoms with Gasteiger partial charge in [0.05, 0.1) is 30.1 Å². The lowest BCUT2D eigenvalue weighted by atomic mass is 9.98. The molecule has 2 aromatic heterocycles. The van der Waals surface area contributed by atoms with E-state index in [1.165, 1.54) is 0 Å². The Morgan fingerprint density at radius 2 is 2.12 bits per heavy atom. The number of ether oxygens (including phenoxy) is 1. The number of β-amino-alcohol motifs (C(OH)–C–C–N with tert-alkyl or cyclic N) is 1. The number of rotatable bonds is 3. The fraction of sp³-hybridized carbons (Fsp3) is 0.458. The molecule has 3 aromatic rings. The van der Waals surface area contributed by atoms with Gasteiger partial charge in [0.1, 0.15) is 5.02 Å². The molecular weight excluding hydrogens is 456 g/mol. The molecule has 1 saturated heterocycles. The van der Waals surface area contributed by atoms with Crippen molar-refractivity contribution in [3.8, 4) is 5.75 Å². The third kappa shape index (κ3) is 4.25. The molecule has 2 aliphatic heterocycles. The summed E-state index contributed by atoms with van der Waals surface area (Å²) >= 11 is 6.43. The molecule has 0 unspecified atom stereocenters. The highest BCUT2D eigenvalue weighted by Gasteiger charge is 2.26. The van der Waals surface area contributed by atoms with Gasteiger partial charge in [0.15, 0.2) is 5.82 Å². The van der Waals surface area contributed by atoms with Crippen LogP contribution in [0.15, 0.2) is 29.2 Å². The molecule has 0 amide bonds. The Morgan fingerprint density at radius 1 is 1.29 bits per heavy atom. The van der Waals surface area contributed by atoms with Crippen LogP contribution >= 0.6 is 11.6 Å². The van der Waals surface area contributed by atoms with Gasteiger partial charge in [-0.2, -0.15) is 4.98 Å². The predicted octanol–water partition coefficient (Wildman–Crippen LogP) is 3.52. The largest absolute Gasteiger partial charge is 0.486 e. The van der Waals surface area contributed by atoms with E-state index < -0.39 is 6.10 Å². The second kappa shape index (κ2) is 8.96. The minimum Gasteiger partial charge on any atom is -0.486 e.